The number of hydrogen-bond acceptors (Lipinski definition) is 3. The molecule has 0 bridgehead atoms. The van der Waals surface area contributed by atoms with Crippen molar-refractivity contribution in [3.63, 3.8) is 0 Å². The quantitative estimate of drug-likeness (QED) is 0.731. The molecule has 28 heavy (non-hydrogen) atoms. The van der Waals surface area contributed by atoms with Gasteiger partial charge in [0.1, 0.15) is 10.9 Å². The van der Waals surface area contributed by atoms with E-state index in [1.165, 1.54) is 4.31 Å². The molecule has 1 N–H and O–H groups in total. The van der Waals surface area contributed by atoms with E-state index in [1.54, 1.807) is 36.4 Å². The molecule has 1 aliphatic heterocycles. The predicted octanol–water partition coefficient (Wildman–Crippen LogP) is 3.92. The van der Waals surface area contributed by atoms with Crippen LogP contribution < -0.4 is 4.31 Å². The third kappa shape index (κ3) is 3.11. The molecule has 4 rings (SSSR count). The van der Waals surface area contributed by atoms with Gasteiger partial charge in [0.05, 0.1) is 5.69 Å². The zero-order valence-electron chi connectivity index (χ0n) is 15.5. The van der Waals surface area contributed by atoms with Crippen LogP contribution in [0.25, 0.3) is 0 Å². The molecule has 0 amide bonds. The van der Waals surface area contributed by atoms with Crippen molar-refractivity contribution in [2.24, 2.45) is 0 Å². The molecular weight excluding hydrogens is 370 g/mol. The smallest absolute Gasteiger partial charge is 0.241 e. The van der Waals surface area contributed by atoms with Gasteiger partial charge in [-0.3, -0.25) is 4.31 Å². The standard InChI is InChI=1S/C23H23NO3S/c25-23(19-11-4-1-5-12-19,20-13-6-2-7-14-20)22-17-10-18-24(28(22,26)27)21-15-8-3-9-16-21/h1-9,11-16,22,25H,10,17-18H2. The number of anilines is 1. The summed E-state index contributed by atoms with van der Waals surface area (Å²) in [5, 5.41) is 11.0. The van der Waals surface area contributed by atoms with Gasteiger partial charge >= 0.3 is 0 Å². The van der Waals surface area contributed by atoms with Crippen LogP contribution in [0, 0.1) is 0 Å². The first kappa shape index (κ1) is 18.7. The van der Waals surface area contributed by atoms with Crippen LogP contribution in [-0.2, 0) is 15.6 Å². The molecule has 0 radical (unpaired) electrons. The third-order valence-electron chi connectivity index (χ3n) is 5.43. The van der Waals surface area contributed by atoms with Crippen molar-refractivity contribution < 1.29 is 13.5 Å². The van der Waals surface area contributed by atoms with Gasteiger partial charge in [0.15, 0.2) is 0 Å². The Balaban J connectivity index is 1.87. The van der Waals surface area contributed by atoms with E-state index in [1.807, 2.05) is 54.6 Å². The number of aliphatic hydroxyl groups is 1. The maximum atomic E-state index is 13.7. The van der Waals surface area contributed by atoms with Gasteiger partial charge in [-0.25, -0.2) is 8.42 Å². The molecule has 3 aromatic rings. The molecule has 1 aliphatic rings. The Morgan fingerprint density at radius 3 is 1.75 bits per heavy atom. The monoisotopic (exact) mass is 393 g/mol. The summed E-state index contributed by atoms with van der Waals surface area (Å²) in [5.74, 6) is 0. The first-order chi connectivity index (χ1) is 13.5. The molecule has 4 nitrogen and oxygen atoms in total. The highest BCUT2D eigenvalue weighted by Gasteiger charge is 2.51. The minimum absolute atomic E-state index is 0.395. The number of rotatable bonds is 4. The number of nitrogens with zero attached hydrogens (tertiary/aromatic N) is 1. The molecule has 0 spiro atoms. The molecule has 0 aliphatic carbocycles. The van der Waals surface area contributed by atoms with Gasteiger partial charge in [0, 0.05) is 6.54 Å². The van der Waals surface area contributed by atoms with Crippen LogP contribution in [0.1, 0.15) is 24.0 Å². The Kier molecular flexibility index (Phi) is 4.96. The van der Waals surface area contributed by atoms with Crippen molar-refractivity contribution in [2.45, 2.75) is 23.7 Å². The first-order valence-corrected chi connectivity index (χ1v) is 10.9. The SMILES string of the molecule is O=S1(=O)C(C(O)(c2ccccc2)c2ccccc2)CCCN1c1ccccc1. The molecule has 1 fully saturated rings. The summed E-state index contributed by atoms with van der Waals surface area (Å²) in [6, 6.07) is 27.3. The average molecular weight is 394 g/mol. The van der Waals surface area contributed by atoms with Gasteiger partial charge in [0.25, 0.3) is 0 Å². The van der Waals surface area contributed by atoms with Gasteiger partial charge in [-0.1, -0.05) is 78.9 Å². The summed E-state index contributed by atoms with van der Waals surface area (Å²) in [6.07, 6.45) is 1.08. The number of benzene rings is 3. The summed E-state index contributed by atoms with van der Waals surface area (Å²) in [6.45, 7) is 0.419. The first-order valence-electron chi connectivity index (χ1n) is 9.44. The predicted molar refractivity (Wildman–Crippen MR) is 112 cm³/mol. The highest BCUT2D eigenvalue weighted by molar-refractivity contribution is 7.93. The maximum absolute atomic E-state index is 13.7. The third-order valence-corrected chi connectivity index (χ3v) is 7.74. The molecule has 5 heteroatoms. The van der Waals surface area contributed by atoms with Crippen LogP contribution in [-0.4, -0.2) is 25.3 Å². The molecule has 144 valence electrons. The van der Waals surface area contributed by atoms with E-state index in [0.717, 1.165) is 0 Å². The highest BCUT2D eigenvalue weighted by Crippen LogP contribution is 2.42. The van der Waals surface area contributed by atoms with E-state index < -0.39 is 20.9 Å². The fourth-order valence-corrected chi connectivity index (χ4v) is 6.34. The molecule has 1 atom stereocenters. The largest absolute Gasteiger partial charge is 0.379 e. The minimum atomic E-state index is -3.79. The van der Waals surface area contributed by atoms with Gasteiger partial charge in [-0.2, -0.15) is 0 Å². The topological polar surface area (TPSA) is 57.6 Å². The summed E-state index contributed by atoms with van der Waals surface area (Å²) in [7, 11) is -3.79. The van der Waals surface area contributed by atoms with E-state index in [2.05, 4.69) is 0 Å². The number of para-hydroxylation sites is 1. The average Bonchev–Trinajstić information content (AvgIpc) is 2.75. The number of sulfonamides is 1. The van der Waals surface area contributed by atoms with Gasteiger partial charge in [-0.15, -0.1) is 0 Å². The Hall–Kier alpha value is -2.63. The minimum Gasteiger partial charge on any atom is -0.379 e. The zero-order valence-corrected chi connectivity index (χ0v) is 16.3. The van der Waals surface area contributed by atoms with E-state index in [0.29, 0.717) is 36.2 Å². The van der Waals surface area contributed by atoms with E-state index in [9.17, 15) is 13.5 Å². The van der Waals surface area contributed by atoms with Crippen molar-refractivity contribution in [1.82, 2.24) is 0 Å². The van der Waals surface area contributed by atoms with Crippen molar-refractivity contribution in [1.29, 1.82) is 0 Å². The molecule has 1 saturated heterocycles. The molecule has 0 saturated carbocycles. The van der Waals surface area contributed by atoms with Crippen molar-refractivity contribution >= 4 is 15.7 Å². The van der Waals surface area contributed by atoms with Crippen LogP contribution in [0.2, 0.25) is 0 Å². The lowest BCUT2D eigenvalue weighted by Crippen LogP contribution is -2.54. The molecule has 0 aromatic heterocycles. The van der Waals surface area contributed by atoms with Crippen LogP contribution in [0.4, 0.5) is 5.69 Å². The lowest BCUT2D eigenvalue weighted by Gasteiger charge is -2.42. The maximum Gasteiger partial charge on any atom is 0.241 e. The molecule has 1 unspecified atom stereocenters. The lowest BCUT2D eigenvalue weighted by atomic mass is 9.81. The Labute approximate surface area is 166 Å². The summed E-state index contributed by atoms with van der Waals surface area (Å²) in [5.41, 5.74) is 0.180. The molecule has 1 heterocycles. The lowest BCUT2D eigenvalue weighted by molar-refractivity contribution is 0.0704. The fourth-order valence-electron chi connectivity index (χ4n) is 4.07. The molecule has 3 aromatic carbocycles. The van der Waals surface area contributed by atoms with Crippen LogP contribution in [0.15, 0.2) is 91.0 Å². The van der Waals surface area contributed by atoms with Gasteiger partial charge in [0.2, 0.25) is 10.0 Å². The van der Waals surface area contributed by atoms with Crippen molar-refractivity contribution in [2.75, 3.05) is 10.8 Å². The van der Waals surface area contributed by atoms with Crippen molar-refractivity contribution in [3.8, 4) is 0 Å². The Bertz CT molecular complexity index is 982. The van der Waals surface area contributed by atoms with Crippen LogP contribution in [0.3, 0.4) is 0 Å². The van der Waals surface area contributed by atoms with Crippen molar-refractivity contribution in [3.05, 3.63) is 102 Å². The fraction of sp³-hybridized carbons (Fsp3) is 0.217. The normalized spacial score (nSPS) is 19.3. The summed E-state index contributed by atoms with van der Waals surface area (Å²) >= 11 is 0. The summed E-state index contributed by atoms with van der Waals surface area (Å²) in [4.78, 5) is 0. The summed E-state index contributed by atoms with van der Waals surface area (Å²) < 4.78 is 28.8. The van der Waals surface area contributed by atoms with E-state index in [-0.39, 0.29) is 0 Å². The second kappa shape index (κ2) is 7.41. The van der Waals surface area contributed by atoms with Gasteiger partial charge in [-0.05, 0) is 36.1 Å². The van der Waals surface area contributed by atoms with E-state index in [4.69, 9.17) is 0 Å². The second-order valence-corrected chi connectivity index (χ2v) is 9.12. The number of hydrogen-bond donors (Lipinski definition) is 1. The van der Waals surface area contributed by atoms with Crippen LogP contribution >= 0.6 is 0 Å². The van der Waals surface area contributed by atoms with Crippen LogP contribution in [0.5, 0.6) is 0 Å². The second-order valence-electron chi connectivity index (χ2n) is 7.08. The Morgan fingerprint density at radius 2 is 1.25 bits per heavy atom. The highest BCUT2D eigenvalue weighted by atomic mass is 32.2. The van der Waals surface area contributed by atoms with E-state index >= 15 is 0 Å². The Morgan fingerprint density at radius 1 is 0.786 bits per heavy atom. The molecular formula is C23H23NO3S. The zero-order chi connectivity index (χ0) is 19.6. The van der Waals surface area contributed by atoms with Gasteiger partial charge < -0.3 is 5.11 Å².